The molecular formula is C30H25Cl2N3O4. The van der Waals surface area contributed by atoms with E-state index in [1.165, 1.54) is 0 Å². The molecule has 3 aromatic rings. The number of nitrogens with one attached hydrogen (secondary N) is 2. The van der Waals surface area contributed by atoms with Crippen molar-refractivity contribution in [1.29, 1.82) is 0 Å². The number of carbonyl (C=O) groups excluding carboxylic acids is 4. The van der Waals surface area contributed by atoms with Crippen molar-refractivity contribution in [3.8, 4) is 0 Å². The highest BCUT2D eigenvalue weighted by Crippen LogP contribution is 2.69. The number of hydrogen-bond donors (Lipinski definition) is 2. The van der Waals surface area contributed by atoms with Gasteiger partial charge >= 0.3 is 0 Å². The zero-order valence-corrected chi connectivity index (χ0v) is 22.7. The number of likely N-dealkylation sites (tertiary alicyclic amines) is 1. The number of rotatable bonds is 4. The second-order valence-corrected chi connectivity index (χ2v) is 11.7. The van der Waals surface area contributed by atoms with E-state index in [1.54, 1.807) is 44.2 Å². The second kappa shape index (κ2) is 8.93. The zero-order chi connectivity index (χ0) is 27.7. The molecule has 4 aliphatic rings. The Labute approximate surface area is 235 Å². The van der Waals surface area contributed by atoms with Gasteiger partial charge in [0.2, 0.25) is 11.8 Å². The van der Waals surface area contributed by atoms with E-state index in [-0.39, 0.29) is 0 Å². The summed E-state index contributed by atoms with van der Waals surface area (Å²) in [6, 6.07) is 21.9. The van der Waals surface area contributed by atoms with Gasteiger partial charge < -0.3 is 0 Å². The van der Waals surface area contributed by atoms with Crippen LogP contribution in [0.25, 0.3) is 0 Å². The van der Waals surface area contributed by atoms with E-state index in [0.717, 1.165) is 4.90 Å². The molecule has 1 fully saturated rings. The van der Waals surface area contributed by atoms with Crippen LogP contribution in [0.15, 0.2) is 78.9 Å². The molecule has 1 heterocycles. The fourth-order valence-electron chi connectivity index (χ4n) is 6.53. The van der Waals surface area contributed by atoms with Crippen LogP contribution in [0.4, 0.5) is 0 Å². The molecule has 0 aromatic heterocycles. The number of halogens is 2. The summed E-state index contributed by atoms with van der Waals surface area (Å²) in [5.74, 6) is -4.82. The molecule has 3 aliphatic carbocycles. The van der Waals surface area contributed by atoms with Crippen molar-refractivity contribution in [3.63, 3.8) is 0 Å². The molecule has 7 nitrogen and oxygen atoms in total. The molecule has 9 heteroatoms. The summed E-state index contributed by atoms with van der Waals surface area (Å²) in [5.41, 5.74) is 7.87. The van der Waals surface area contributed by atoms with Gasteiger partial charge in [-0.1, -0.05) is 80.6 Å². The second-order valence-electron chi connectivity index (χ2n) is 10.5. The third-order valence-electron chi connectivity index (χ3n) is 8.13. The van der Waals surface area contributed by atoms with Crippen LogP contribution in [0.3, 0.4) is 0 Å². The summed E-state index contributed by atoms with van der Waals surface area (Å²) >= 11 is 14.9. The largest absolute Gasteiger partial charge is 0.274 e. The normalized spacial score (nSPS) is 27.1. The molecule has 39 heavy (non-hydrogen) atoms. The SMILES string of the molecule is CC(C)[C@@H](C(=O)NNC(=O)c1ccccc1)N1C(=O)[C@@H]2[C@H](C1=O)C1(Cl)c3ccccc3C2(Cl)c2ccccc21. The summed E-state index contributed by atoms with van der Waals surface area (Å²) in [6.45, 7) is 3.47. The fourth-order valence-corrected chi connectivity index (χ4v) is 7.63. The van der Waals surface area contributed by atoms with Gasteiger partial charge in [0, 0.05) is 5.56 Å². The average molecular weight is 562 g/mol. The lowest BCUT2D eigenvalue weighted by Gasteiger charge is -2.54. The Bertz CT molecular complexity index is 1420. The van der Waals surface area contributed by atoms with Gasteiger partial charge in [0.1, 0.15) is 15.8 Å². The third kappa shape index (κ3) is 3.36. The molecule has 3 aromatic carbocycles. The highest BCUT2D eigenvalue weighted by Gasteiger charge is 2.73. The molecule has 7 rings (SSSR count). The molecule has 0 saturated carbocycles. The van der Waals surface area contributed by atoms with Gasteiger partial charge in [0.05, 0.1) is 11.8 Å². The predicted octanol–water partition coefficient (Wildman–Crippen LogP) is 4.07. The van der Waals surface area contributed by atoms with Crippen molar-refractivity contribution in [2.45, 2.75) is 29.6 Å². The van der Waals surface area contributed by atoms with Gasteiger partial charge in [0.15, 0.2) is 0 Å². The predicted molar refractivity (Wildman–Crippen MR) is 146 cm³/mol. The molecule has 0 unspecified atom stereocenters. The van der Waals surface area contributed by atoms with Crippen LogP contribution in [0.2, 0.25) is 0 Å². The van der Waals surface area contributed by atoms with Gasteiger partial charge in [-0.3, -0.25) is 34.9 Å². The smallest absolute Gasteiger partial charge is 0.269 e. The number of hydrazine groups is 1. The Balaban J connectivity index is 1.39. The van der Waals surface area contributed by atoms with E-state index in [1.807, 2.05) is 48.5 Å². The van der Waals surface area contributed by atoms with Crippen molar-refractivity contribution in [3.05, 3.63) is 107 Å². The number of nitrogens with zero attached hydrogens (tertiary/aromatic N) is 1. The Hall–Kier alpha value is -3.68. The highest BCUT2D eigenvalue weighted by atomic mass is 35.5. The van der Waals surface area contributed by atoms with Crippen LogP contribution in [-0.2, 0) is 24.1 Å². The maximum Gasteiger partial charge on any atom is 0.269 e. The molecule has 1 saturated heterocycles. The summed E-state index contributed by atoms with van der Waals surface area (Å²) < 4.78 is 0. The molecule has 3 atom stereocenters. The van der Waals surface area contributed by atoms with E-state index >= 15 is 0 Å². The number of carbonyl (C=O) groups is 4. The molecule has 4 amide bonds. The van der Waals surface area contributed by atoms with Crippen LogP contribution >= 0.6 is 23.2 Å². The fraction of sp³-hybridized carbons (Fsp3) is 0.267. The highest BCUT2D eigenvalue weighted by molar-refractivity contribution is 6.36. The number of imide groups is 1. The Morgan fingerprint density at radius 2 is 1.13 bits per heavy atom. The summed E-state index contributed by atoms with van der Waals surface area (Å²) in [7, 11) is 0. The van der Waals surface area contributed by atoms with E-state index in [2.05, 4.69) is 10.9 Å². The van der Waals surface area contributed by atoms with Crippen molar-refractivity contribution in [1.82, 2.24) is 15.8 Å². The van der Waals surface area contributed by atoms with E-state index in [9.17, 15) is 19.2 Å². The van der Waals surface area contributed by atoms with Gasteiger partial charge in [-0.05, 0) is 40.3 Å². The first-order valence-corrected chi connectivity index (χ1v) is 13.5. The maximum absolute atomic E-state index is 14.2. The average Bonchev–Trinajstić information content (AvgIpc) is 3.21. The lowest BCUT2D eigenvalue weighted by Crippen LogP contribution is -2.57. The molecular weight excluding hydrogens is 537 g/mol. The Morgan fingerprint density at radius 1 is 0.718 bits per heavy atom. The van der Waals surface area contributed by atoms with E-state index in [0.29, 0.717) is 27.8 Å². The Morgan fingerprint density at radius 3 is 1.54 bits per heavy atom. The van der Waals surface area contributed by atoms with Crippen LogP contribution in [0.5, 0.6) is 0 Å². The van der Waals surface area contributed by atoms with Gasteiger partial charge in [-0.2, -0.15) is 0 Å². The minimum Gasteiger partial charge on any atom is -0.274 e. The minimum absolute atomic E-state index is 0.346. The molecule has 0 radical (unpaired) electrons. The van der Waals surface area contributed by atoms with Crippen LogP contribution in [0.1, 0.15) is 46.5 Å². The summed E-state index contributed by atoms with van der Waals surface area (Å²) in [5, 5.41) is 0. The van der Waals surface area contributed by atoms with Crippen molar-refractivity contribution < 1.29 is 19.2 Å². The first-order valence-electron chi connectivity index (χ1n) is 12.7. The van der Waals surface area contributed by atoms with Crippen LogP contribution in [0, 0.1) is 17.8 Å². The zero-order valence-electron chi connectivity index (χ0n) is 21.2. The number of hydrogen-bond acceptors (Lipinski definition) is 4. The molecule has 1 aliphatic heterocycles. The summed E-state index contributed by atoms with van der Waals surface area (Å²) in [4.78, 5) is 52.7. The number of amides is 4. The topological polar surface area (TPSA) is 95.6 Å². The lowest BCUT2D eigenvalue weighted by molar-refractivity contribution is -0.150. The van der Waals surface area contributed by atoms with E-state index < -0.39 is 57.2 Å². The minimum atomic E-state index is -1.34. The van der Waals surface area contributed by atoms with Crippen molar-refractivity contribution in [2.75, 3.05) is 0 Å². The van der Waals surface area contributed by atoms with Crippen LogP contribution < -0.4 is 10.9 Å². The number of benzene rings is 3. The molecule has 0 spiro atoms. The summed E-state index contributed by atoms with van der Waals surface area (Å²) in [6.07, 6.45) is 0. The maximum atomic E-state index is 14.2. The van der Waals surface area contributed by atoms with Gasteiger partial charge in [0.25, 0.3) is 11.8 Å². The van der Waals surface area contributed by atoms with Crippen molar-refractivity contribution >= 4 is 46.8 Å². The van der Waals surface area contributed by atoms with Crippen LogP contribution in [-0.4, -0.2) is 34.6 Å². The van der Waals surface area contributed by atoms with E-state index in [4.69, 9.17) is 23.2 Å². The molecule has 2 bridgehead atoms. The first-order chi connectivity index (χ1) is 18.6. The molecule has 2 N–H and O–H groups in total. The number of alkyl halides is 2. The van der Waals surface area contributed by atoms with Gasteiger partial charge in [-0.25, -0.2) is 0 Å². The lowest BCUT2D eigenvalue weighted by atomic mass is 9.54. The quantitative estimate of drug-likeness (QED) is 0.285. The Kier molecular flexibility index (Phi) is 5.86. The standard InChI is InChI=1S/C30H25Cl2N3O4/c1-16(2)24(26(37)34-33-25(36)17-10-4-3-5-11-17)35-27(38)22-23(28(35)39)30(32)19-13-7-6-12-18(19)29(22,31)20-14-8-9-15-21(20)30/h3-16,22-24H,1-2H3,(H,33,36)(H,34,37)/t22-,23+,24-,29?,30?/m0/s1. The first kappa shape index (κ1) is 25.6. The van der Waals surface area contributed by atoms with Crippen molar-refractivity contribution in [2.24, 2.45) is 17.8 Å². The monoisotopic (exact) mass is 561 g/mol. The van der Waals surface area contributed by atoms with Gasteiger partial charge in [-0.15, -0.1) is 23.2 Å². The molecule has 198 valence electrons. The third-order valence-corrected chi connectivity index (χ3v) is 9.42.